The number of carbonyl (C=O) groups is 1. The summed E-state index contributed by atoms with van der Waals surface area (Å²) in [5, 5.41) is 2.13. The predicted octanol–water partition coefficient (Wildman–Crippen LogP) is 3.38. The Morgan fingerprint density at radius 3 is 2.35 bits per heavy atom. The molecule has 3 aromatic rings. The van der Waals surface area contributed by atoms with Crippen LogP contribution in [0.5, 0.6) is 0 Å². The third kappa shape index (κ3) is 4.42. The van der Waals surface area contributed by atoms with Crippen molar-refractivity contribution >= 4 is 27.7 Å². The molecule has 31 heavy (non-hydrogen) atoms. The number of hydrogen-bond acceptors (Lipinski definition) is 4. The van der Waals surface area contributed by atoms with Crippen molar-refractivity contribution in [2.24, 2.45) is 7.05 Å². The summed E-state index contributed by atoms with van der Waals surface area (Å²) < 4.78 is 29.8. The quantitative estimate of drug-likeness (QED) is 0.619. The van der Waals surface area contributed by atoms with Gasteiger partial charge >= 0.3 is 0 Å². The van der Waals surface area contributed by atoms with E-state index in [9.17, 15) is 13.2 Å². The topological polar surface area (TPSA) is 71.4 Å². The first kappa shape index (κ1) is 21.7. The number of amides is 1. The van der Waals surface area contributed by atoms with E-state index in [-0.39, 0.29) is 10.8 Å². The molecule has 1 N–H and O–H groups in total. The molecule has 1 unspecified atom stereocenters. The maximum Gasteiger partial charge on any atom is 0.249 e. The fourth-order valence-electron chi connectivity index (χ4n) is 3.60. The summed E-state index contributed by atoms with van der Waals surface area (Å²) in [5.74, 6) is 0.300. The number of hydrogen-bond donors (Lipinski definition) is 1. The normalized spacial score (nSPS) is 17.0. The summed E-state index contributed by atoms with van der Waals surface area (Å²) in [6.45, 7) is 2.67. The van der Waals surface area contributed by atoms with E-state index >= 15 is 0 Å². The van der Waals surface area contributed by atoms with Gasteiger partial charge in [0.1, 0.15) is 5.37 Å². The van der Waals surface area contributed by atoms with Gasteiger partial charge in [0, 0.05) is 30.7 Å². The Labute approximate surface area is 187 Å². The Balaban J connectivity index is 1.49. The number of nitrogens with zero attached hydrogens (tertiary/aromatic N) is 2. The van der Waals surface area contributed by atoms with E-state index in [0.717, 1.165) is 22.5 Å². The van der Waals surface area contributed by atoms with Crippen molar-refractivity contribution in [1.82, 2.24) is 14.2 Å². The van der Waals surface area contributed by atoms with Gasteiger partial charge in [-0.2, -0.15) is 4.31 Å². The highest BCUT2D eigenvalue weighted by Gasteiger charge is 2.40. The lowest BCUT2D eigenvalue weighted by Crippen LogP contribution is -2.44. The van der Waals surface area contributed by atoms with Crippen molar-refractivity contribution in [1.29, 1.82) is 0 Å². The van der Waals surface area contributed by atoms with Crippen LogP contribution < -0.4 is 5.32 Å². The molecule has 0 saturated carbocycles. The van der Waals surface area contributed by atoms with Crippen LogP contribution in [0.15, 0.2) is 71.6 Å². The molecule has 0 bridgehead atoms. The minimum absolute atomic E-state index is 0.200. The van der Waals surface area contributed by atoms with E-state index in [1.807, 2.05) is 61.0 Å². The third-order valence-corrected chi connectivity index (χ3v) is 8.78. The molecule has 0 spiro atoms. The molecule has 1 amide bonds. The first-order valence-electron chi connectivity index (χ1n) is 10.1. The molecule has 4 rings (SSSR count). The molecule has 1 saturated heterocycles. The van der Waals surface area contributed by atoms with Gasteiger partial charge in [0.15, 0.2) is 0 Å². The number of nitrogens with one attached hydrogen (secondary N) is 1. The highest BCUT2D eigenvalue weighted by atomic mass is 32.2. The number of aromatic nitrogens is 1. The first-order valence-corrected chi connectivity index (χ1v) is 12.5. The summed E-state index contributed by atoms with van der Waals surface area (Å²) in [7, 11) is -1.83. The monoisotopic (exact) mass is 455 g/mol. The minimum atomic E-state index is -3.77. The fourth-order valence-corrected chi connectivity index (χ4v) is 6.70. The van der Waals surface area contributed by atoms with Gasteiger partial charge in [-0.3, -0.25) is 4.79 Å². The van der Waals surface area contributed by atoms with Crippen molar-refractivity contribution in [2.45, 2.75) is 23.7 Å². The van der Waals surface area contributed by atoms with Crippen molar-refractivity contribution in [3.63, 3.8) is 0 Å². The van der Waals surface area contributed by atoms with E-state index in [1.54, 1.807) is 24.3 Å². The minimum Gasteiger partial charge on any atom is -0.350 e. The largest absolute Gasteiger partial charge is 0.350 e. The van der Waals surface area contributed by atoms with E-state index in [1.165, 1.54) is 16.1 Å². The van der Waals surface area contributed by atoms with Gasteiger partial charge < -0.3 is 9.88 Å². The molecule has 162 valence electrons. The summed E-state index contributed by atoms with van der Waals surface area (Å²) in [5.41, 5.74) is 4.04. The molecule has 1 aromatic heterocycles. The van der Waals surface area contributed by atoms with Gasteiger partial charge in [-0.15, -0.1) is 11.8 Å². The number of carbonyl (C=O) groups excluding carboxylic acids is 1. The summed E-state index contributed by atoms with van der Waals surface area (Å²) in [6, 6.07) is 20.6. The van der Waals surface area contributed by atoms with E-state index in [0.29, 0.717) is 18.8 Å². The van der Waals surface area contributed by atoms with E-state index < -0.39 is 15.4 Å². The lowest BCUT2D eigenvalue weighted by Gasteiger charge is -2.22. The van der Waals surface area contributed by atoms with Crippen molar-refractivity contribution in [2.75, 3.05) is 12.3 Å². The smallest absolute Gasteiger partial charge is 0.249 e. The van der Waals surface area contributed by atoms with E-state index in [2.05, 4.69) is 5.32 Å². The van der Waals surface area contributed by atoms with Crippen LogP contribution in [0.25, 0.3) is 11.1 Å². The van der Waals surface area contributed by atoms with Crippen molar-refractivity contribution in [3.05, 3.63) is 78.1 Å². The van der Waals surface area contributed by atoms with Gasteiger partial charge in [0.2, 0.25) is 15.9 Å². The van der Waals surface area contributed by atoms with Crippen LogP contribution in [0.3, 0.4) is 0 Å². The molecular formula is C23H25N3O3S2. The van der Waals surface area contributed by atoms with Crippen LogP contribution in [0.1, 0.15) is 11.4 Å². The van der Waals surface area contributed by atoms with Crippen molar-refractivity contribution in [3.8, 4) is 11.1 Å². The zero-order chi connectivity index (χ0) is 22.0. The molecule has 1 atom stereocenters. The standard InChI is InChI=1S/C23H25N3O3S2/c1-17-8-11-20(25(17)2)16-24-22(27)23-26(14-15-30-23)31(28,29)21-12-9-19(10-13-21)18-6-4-3-5-7-18/h3-13,23H,14-16H2,1-2H3,(H,24,27). The number of rotatable bonds is 6. The second kappa shape index (κ2) is 8.90. The molecule has 6 nitrogen and oxygen atoms in total. The second-order valence-electron chi connectivity index (χ2n) is 7.47. The summed E-state index contributed by atoms with van der Waals surface area (Å²) in [6.07, 6.45) is 0. The van der Waals surface area contributed by atoms with Crippen LogP contribution >= 0.6 is 11.8 Å². The summed E-state index contributed by atoms with van der Waals surface area (Å²) in [4.78, 5) is 13.0. The Morgan fingerprint density at radius 1 is 1.03 bits per heavy atom. The molecule has 1 aliphatic rings. The third-order valence-electron chi connectivity index (χ3n) is 5.56. The van der Waals surface area contributed by atoms with Crippen LogP contribution in [0, 0.1) is 6.92 Å². The van der Waals surface area contributed by atoms with Crippen LogP contribution in [0.2, 0.25) is 0 Å². The fraction of sp³-hybridized carbons (Fsp3) is 0.261. The Morgan fingerprint density at radius 2 is 1.71 bits per heavy atom. The number of sulfonamides is 1. The summed E-state index contributed by atoms with van der Waals surface area (Å²) >= 11 is 1.35. The number of benzene rings is 2. The predicted molar refractivity (Wildman–Crippen MR) is 124 cm³/mol. The SMILES string of the molecule is Cc1ccc(CNC(=O)C2SCCN2S(=O)(=O)c2ccc(-c3ccccc3)cc2)n1C. The van der Waals surface area contributed by atoms with Gasteiger partial charge in [-0.25, -0.2) is 8.42 Å². The van der Waals surface area contributed by atoms with Crippen LogP contribution in [-0.2, 0) is 28.4 Å². The molecule has 2 aromatic carbocycles. The number of aryl methyl sites for hydroxylation is 1. The van der Waals surface area contributed by atoms with Gasteiger partial charge in [-0.1, -0.05) is 42.5 Å². The average Bonchev–Trinajstić information content (AvgIpc) is 3.41. The molecule has 8 heteroatoms. The molecule has 1 fully saturated rings. The van der Waals surface area contributed by atoms with E-state index in [4.69, 9.17) is 0 Å². The highest BCUT2D eigenvalue weighted by Crippen LogP contribution is 2.31. The van der Waals surface area contributed by atoms with Gasteiger partial charge in [0.25, 0.3) is 0 Å². The average molecular weight is 456 g/mol. The molecule has 1 aliphatic heterocycles. The van der Waals surface area contributed by atoms with Gasteiger partial charge in [0.05, 0.1) is 11.4 Å². The maximum absolute atomic E-state index is 13.3. The second-order valence-corrected chi connectivity index (χ2v) is 10.6. The molecule has 0 aliphatic carbocycles. The zero-order valence-corrected chi connectivity index (χ0v) is 19.1. The Bertz CT molecular complexity index is 1170. The van der Waals surface area contributed by atoms with Gasteiger partial charge in [-0.05, 0) is 42.3 Å². The Kier molecular flexibility index (Phi) is 6.22. The first-order chi connectivity index (χ1) is 14.9. The molecular weight excluding hydrogens is 430 g/mol. The Hall–Kier alpha value is -2.55. The van der Waals surface area contributed by atoms with Crippen LogP contribution in [0.4, 0.5) is 0 Å². The lowest BCUT2D eigenvalue weighted by atomic mass is 10.1. The molecule has 2 heterocycles. The highest BCUT2D eigenvalue weighted by molar-refractivity contribution is 8.02. The zero-order valence-electron chi connectivity index (χ0n) is 17.5. The van der Waals surface area contributed by atoms with Crippen LogP contribution in [-0.4, -0.2) is 40.9 Å². The van der Waals surface area contributed by atoms with Crippen molar-refractivity contribution < 1.29 is 13.2 Å². The number of thioether (sulfide) groups is 1. The molecule has 0 radical (unpaired) electrons. The maximum atomic E-state index is 13.3. The lowest BCUT2D eigenvalue weighted by molar-refractivity contribution is -0.122.